The van der Waals surface area contributed by atoms with E-state index in [4.69, 9.17) is 14.6 Å². The van der Waals surface area contributed by atoms with Gasteiger partial charge in [-0.05, 0) is 6.42 Å². The van der Waals surface area contributed by atoms with Crippen molar-refractivity contribution < 1.29 is 23.0 Å². The third-order valence-electron chi connectivity index (χ3n) is 2.69. The molecule has 0 amide bonds. The highest BCUT2D eigenvalue weighted by molar-refractivity contribution is 7.89. The van der Waals surface area contributed by atoms with E-state index >= 15 is 0 Å². The Bertz CT molecular complexity index is 297. The lowest BCUT2D eigenvalue weighted by Gasteiger charge is -2.25. The van der Waals surface area contributed by atoms with Crippen LogP contribution in [0.2, 0.25) is 0 Å². The summed E-state index contributed by atoms with van der Waals surface area (Å²) < 4.78 is 36.0. The van der Waals surface area contributed by atoms with E-state index in [1.807, 2.05) is 0 Å². The number of ether oxygens (including phenoxy) is 2. The summed E-state index contributed by atoms with van der Waals surface area (Å²) in [6.45, 7) is 1.09. The zero-order valence-electron chi connectivity index (χ0n) is 9.44. The van der Waals surface area contributed by atoms with Crippen molar-refractivity contribution in [2.24, 2.45) is 0 Å². The monoisotopic (exact) mass is 253 g/mol. The second kappa shape index (κ2) is 5.92. The van der Waals surface area contributed by atoms with E-state index in [-0.39, 0.29) is 25.3 Å². The summed E-state index contributed by atoms with van der Waals surface area (Å²) in [4.78, 5) is 0. The second-order valence-corrected chi connectivity index (χ2v) is 5.83. The van der Waals surface area contributed by atoms with Crippen molar-refractivity contribution >= 4 is 10.0 Å². The molecule has 0 aliphatic carbocycles. The van der Waals surface area contributed by atoms with Crippen molar-refractivity contribution in [3.05, 3.63) is 0 Å². The molecule has 1 atom stereocenters. The molecule has 0 aromatic carbocycles. The van der Waals surface area contributed by atoms with Crippen LogP contribution in [0.5, 0.6) is 0 Å². The molecule has 1 aliphatic heterocycles. The van der Waals surface area contributed by atoms with Crippen molar-refractivity contribution in [3.63, 3.8) is 0 Å². The third-order valence-corrected chi connectivity index (χ3v) is 4.10. The van der Waals surface area contributed by atoms with Crippen LogP contribution in [0.15, 0.2) is 0 Å². The normalized spacial score (nSPS) is 26.1. The van der Waals surface area contributed by atoms with Crippen LogP contribution in [0.25, 0.3) is 0 Å². The molecule has 0 spiro atoms. The van der Waals surface area contributed by atoms with Gasteiger partial charge in [0.2, 0.25) is 10.0 Å². The number of rotatable bonds is 7. The molecule has 6 nitrogen and oxygen atoms in total. The van der Waals surface area contributed by atoms with Gasteiger partial charge in [-0.2, -0.15) is 0 Å². The highest BCUT2D eigenvalue weighted by Gasteiger charge is 2.35. The van der Waals surface area contributed by atoms with E-state index in [2.05, 4.69) is 4.72 Å². The molecular weight excluding hydrogens is 234 g/mol. The summed E-state index contributed by atoms with van der Waals surface area (Å²) in [5, 5.41) is 8.57. The first-order valence-corrected chi connectivity index (χ1v) is 6.90. The number of hydrogen-bond donors (Lipinski definition) is 2. The van der Waals surface area contributed by atoms with Crippen molar-refractivity contribution in [1.82, 2.24) is 4.72 Å². The number of methoxy groups -OCH3 is 1. The molecule has 2 N–H and O–H groups in total. The molecule has 1 aliphatic rings. The number of aliphatic hydroxyl groups is 1. The number of nitrogens with one attached hydrogen (secondary N) is 1. The van der Waals surface area contributed by atoms with Crippen LogP contribution in [0.4, 0.5) is 0 Å². The van der Waals surface area contributed by atoms with Gasteiger partial charge in [-0.15, -0.1) is 0 Å². The highest BCUT2D eigenvalue weighted by Crippen LogP contribution is 2.21. The summed E-state index contributed by atoms with van der Waals surface area (Å²) in [5.74, 6) is -0.0653. The fraction of sp³-hybridized carbons (Fsp3) is 1.00. The van der Waals surface area contributed by atoms with E-state index in [1.165, 1.54) is 0 Å². The molecule has 0 aromatic rings. The molecular formula is C9H19NO5S. The molecule has 1 unspecified atom stereocenters. The van der Waals surface area contributed by atoms with Crippen LogP contribution in [0, 0.1) is 0 Å². The SMILES string of the molecule is COC1(CNS(=O)(=O)CCCO)CCOC1. The van der Waals surface area contributed by atoms with Gasteiger partial charge in [-0.3, -0.25) is 0 Å². The Morgan fingerprint density at radius 1 is 1.56 bits per heavy atom. The molecule has 0 saturated carbocycles. The van der Waals surface area contributed by atoms with E-state index < -0.39 is 15.6 Å². The van der Waals surface area contributed by atoms with Crippen LogP contribution in [-0.2, 0) is 19.5 Å². The third kappa shape index (κ3) is 3.99. The van der Waals surface area contributed by atoms with Crippen LogP contribution < -0.4 is 4.72 Å². The lowest BCUT2D eigenvalue weighted by Crippen LogP contribution is -2.45. The molecule has 1 saturated heterocycles. The number of sulfonamides is 1. The van der Waals surface area contributed by atoms with Crippen LogP contribution >= 0.6 is 0 Å². The predicted octanol–water partition coefficient (Wildman–Crippen LogP) is -0.906. The molecule has 96 valence electrons. The van der Waals surface area contributed by atoms with Gasteiger partial charge in [0, 0.05) is 33.3 Å². The summed E-state index contributed by atoms with van der Waals surface area (Å²) in [6.07, 6.45) is 0.928. The summed E-state index contributed by atoms with van der Waals surface area (Å²) in [7, 11) is -1.77. The van der Waals surface area contributed by atoms with Crippen LogP contribution in [0.3, 0.4) is 0 Å². The van der Waals surface area contributed by atoms with E-state index in [9.17, 15) is 8.42 Å². The van der Waals surface area contributed by atoms with E-state index in [1.54, 1.807) is 7.11 Å². The molecule has 0 radical (unpaired) electrons. The quantitative estimate of drug-likeness (QED) is 0.614. The average molecular weight is 253 g/mol. The Labute approximate surface area is 96.0 Å². The Kier molecular flexibility index (Phi) is 5.13. The largest absolute Gasteiger partial charge is 0.396 e. The van der Waals surface area contributed by atoms with Gasteiger partial charge in [0.25, 0.3) is 0 Å². The molecule has 1 rings (SSSR count). The van der Waals surface area contributed by atoms with Gasteiger partial charge in [-0.25, -0.2) is 13.1 Å². The second-order valence-electron chi connectivity index (χ2n) is 3.91. The van der Waals surface area contributed by atoms with Crippen molar-refractivity contribution in [3.8, 4) is 0 Å². The Hall–Kier alpha value is -0.210. The van der Waals surface area contributed by atoms with Crippen molar-refractivity contribution in [2.75, 3.05) is 39.2 Å². The zero-order valence-corrected chi connectivity index (χ0v) is 10.3. The van der Waals surface area contributed by atoms with Crippen LogP contribution in [0.1, 0.15) is 12.8 Å². The fourth-order valence-electron chi connectivity index (χ4n) is 1.53. The smallest absolute Gasteiger partial charge is 0.211 e. The lowest BCUT2D eigenvalue weighted by molar-refractivity contribution is -0.0120. The Balaban J connectivity index is 2.43. The first-order chi connectivity index (χ1) is 7.54. The topological polar surface area (TPSA) is 84.9 Å². The van der Waals surface area contributed by atoms with Crippen LogP contribution in [-0.4, -0.2) is 58.4 Å². The molecule has 1 heterocycles. The minimum absolute atomic E-state index is 0.0653. The molecule has 1 fully saturated rings. The maximum Gasteiger partial charge on any atom is 0.211 e. The molecule has 7 heteroatoms. The summed E-state index contributed by atoms with van der Waals surface area (Å²) in [6, 6.07) is 0. The maximum absolute atomic E-state index is 11.5. The molecule has 0 bridgehead atoms. The van der Waals surface area contributed by atoms with E-state index in [0.717, 1.165) is 0 Å². The lowest BCUT2D eigenvalue weighted by atomic mass is 10.0. The standard InChI is InChI=1S/C9H19NO5S/c1-14-9(3-5-15-8-9)7-10-16(12,13)6-2-4-11/h10-11H,2-8H2,1H3. The van der Waals surface area contributed by atoms with Crippen molar-refractivity contribution in [2.45, 2.75) is 18.4 Å². The Morgan fingerprint density at radius 2 is 2.31 bits per heavy atom. The highest BCUT2D eigenvalue weighted by atomic mass is 32.2. The first kappa shape index (κ1) is 13.9. The van der Waals surface area contributed by atoms with E-state index in [0.29, 0.717) is 19.6 Å². The molecule has 0 aromatic heterocycles. The maximum atomic E-state index is 11.5. The van der Waals surface area contributed by atoms with Gasteiger partial charge >= 0.3 is 0 Å². The first-order valence-electron chi connectivity index (χ1n) is 5.25. The summed E-state index contributed by atoms with van der Waals surface area (Å²) >= 11 is 0. The Morgan fingerprint density at radius 3 is 2.81 bits per heavy atom. The fourth-order valence-corrected chi connectivity index (χ4v) is 2.67. The van der Waals surface area contributed by atoms with Gasteiger partial charge in [0.1, 0.15) is 5.60 Å². The summed E-state index contributed by atoms with van der Waals surface area (Å²) in [5.41, 5.74) is -0.535. The van der Waals surface area contributed by atoms with Gasteiger partial charge in [0.15, 0.2) is 0 Å². The predicted molar refractivity (Wildman–Crippen MR) is 58.7 cm³/mol. The number of aliphatic hydroxyl groups excluding tert-OH is 1. The van der Waals surface area contributed by atoms with Gasteiger partial charge in [0.05, 0.1) is 12.4 Å². The zero-order chi connectivity index (χ0) is 12.1. The number of hydrogen-bond acceptors (Lipinski definition) is 5. The van der Waals surface area contributed by atoms with Gasteiger partial charge < -0.3 is 14.6 Å². The van der Waals surface area contributed by atoms with Gasteiger partial charge in [-0.1, -0.05) is 0 Å². The minimum atomic E-state index is -3.32. The van der Waals surface area contributed by atoms with Crippen molar-refractivity contribution in [1.29, 1.82) is 0 Å². The molecule has 16 heavy (non-hydrogen) atoms. The minimum Gasteiger partial charge on any atom is -0.396 e. The average Bonchev–Trinajstić information content (AvgIpc) is 2.74.